The molecular formula is C18H16F2O2. The predicted octanol–water partition coefficient (Wildman–Crippen LogP) is 5.10. The Balaban J connectivity index is 2.03. The van der Waals surface area contributed by atoms with Crippen molar-refractivity contribution in [3.05, 3.63) is 71.3 Å². The highest BCUT2D eigenvalue weighted by Crippen LogP contribution is 2.17. The minimum atomic E-state index is -1.77. The van der Waals surface area contributed by atoms with Crippen LogP contribution in [-0.4, -0.2) is 5.97 Å². The Morgan fingerprint density at radius 2 is 1.68 bits per heavy atom. The molecule has 0 radical (unpaired) electrons. The molecule has 0 aromatic heterocycles. The molecule has 4 heteroatoms. The highest BCUT2D eigenvalue weighted by atomic mass is 19.3. The van der Waals surface area contributed by atoms with Crippen LogP contribution in [0, 0.1) is 0 Å². The van der Waals surface area contributed by atoms with Gasteiger partial charge >= 0.3 is 5.97 Å². The SMILES string of the molecule is CCCc1ccc(C(=O)Oc2ccc(C=C(F)F)cc2)cc1. The Morgan fingerprint density at radius 3 is 2.23 bits per heavy atom. The lowest BCUT2D eigenvalue weighted by atomic mass is 10.1. The Morgan fingerprint density at radius 1 is 1.05 bits per heavy atom. The van der Waals surface area contributed by atoms with E-state index >= 15 is 0 Å². The lowest BCUT2D eigenvalue weighted by Gasteiger charge is -2.05. The van der Waals surface area contributed by atoms with E-state index in [1.54, 1.807) is 12.1 Å². The molecule has 0 bridgehead atoms. The van der Waals surface area contributed by atoms with Gasteiger partial charge in [-0.25, -0.2) is 4.79 Å². The van der Waals surface area contributed by atoms with E-state index in [4.69, 9.17) is 4.74 Å². The molecule has 2 aromatic carbocycles. The van der Waals surface area contributed by atoms with Crippen molar-refractivity contribution in [3.63, 3.8) is 0 Å². The summed E-state index contributed by atoms with van der Waals surface area (Å²) in [6, 6.07) is 13.1. The minimum absolute atomic E-state index is 0.319. The average Bonchev–Trinajstić information content (AvgIpc) is 2.50. The summed E-state index contributed by atoms with van der Waals surface area (Å²) in [7, 11) is 0. The largest absolute Gasteiger partial charge is 0.423 e. The van der Waals surface area contributed by atoms with Gasteiger partial charge in [0.15, 0.2) is 0 Å². The molecule has 0 aliphatic rings. The Bertz CT molecular complexity index is 654. The topological polar surface area (TPSA) is 26.3 Å². The molecule has 0 spiro atoms. The zero-order chi connectivity index (χ0) is 15.9. The van der Waals surface area contributed by atoms with Crippen molar-refractivity contribution in [2.45, 2.75) is 19.8 Å². The molecule has 2 nitrogen and oxygen atoms in total. The van der Waals surface area contributed by atoms with E-state index in [2.05, 4.69) is 6.92 Å². The fraction of sp³-hybridized carbons (Fsp3) is 0.167. The Labute approximate surface area is 128 Å². The fourth-order valence-electron chi connectivity index (χ4n) is 2.02. The molecule has 0 N–H and O–H groups in total. The summed E-state index contributed by atoms with van der Waals surface area (Å²) in [5.74, 6) is -0.151. The number of hydrogen-bond donors (Lipinski definition) is 0. The van der Waals surface area contributed by atoms with Gasteiger partial charge in [-0.1, -0.05) is 37.6 Å². The maximum Gasteiger partial charge on any atom is 0.343 e. The summed E-state index contributed by atoms with van der Waals surface area (Å²) < 4.78 is 29.4. The fourth-order valence-corrected chi connectivity index (χ4v) is 2.02. The molecule has 0 atom stereocenters. The molecule has 0 aliphatic heterocycles. The van der Waals surface area contributed by atoms with Crippen molar-refractivity contribution in [3.8, 4) is 5.75 Å². The molecule has 0 saturated carbocycles. The van der Waals surface area contributed by atoms with E-state index in [-0.39, 0.29) is 0 Å². The van der Waals surface area contributed by atoms with Crippen LogP contribution in [0.5, 0.6) is 5.75 Å². The second-order valence-corrected chi connectivity index (χ2v) is 4.84. The van der Waals surface area contributed by atoms with Gasteiger partial charge < -0.3 is 4.74 Å². The maximum absolute atomic E-state index is 12.1. The molecule has 0 unspecified atom stereocenters. The van der Waals surface area contributed by atoms with Crippen LogP contribution in [0.1, 0.15) is 34.8 Å². The van der Waals surface area contributed by atoms with Crippen LogP contribution in [0.3, 0.4) is 0 Å². The lowest BCUT2D eigenvalue weighted by molar-refractivity contribution is 0.0734. The molecule has 0 heterocycles. The monoisotopic (exact) mass is 302 g/mol. The van der Waals surface area contributed by atoms with Crippen molar-refractivity contribution >= 4 is 12.0 Å². The van der Waals surface area contributed by atoms with Gasteiger partial charge in [-0.15, -0.1) is 0 Å². The predicted molar refractivity (Wildman–Crippen MR) is 82.0 cm³/mol. The Kier molecular flexibility index (Phi) is 5.42. The van der Waals surface area contributed by atoms with Crippen molar-refractivity contribution in [1.29, 1.82) is 0 Å². The zero-order valence-corrected chi connectivity index (χ0v) is 12.2. The summed E-state index contributed by atoms with van der Waals surface area (Å²) in [4.78, 5) is 12.0. The quantitative estimate of drug-likeness (QED) is 0.567. The molecule has 0 saturated heterocycles. The van der Waals surface area contributed by atoms with Crippen LogP contribution >= 0.6 is 0 Å². The zero-order valence-electron chi connectivity index (χ0n) is 12.2. The first-order valence-corrected chi connectivity index (χ1v) is 7.02. The van der Waals surface area contributed by atoms with Gasteiger partial charge in [-0.3, -0.25) is 0 Å². The third-order valence-corrected chi connectivity index (χ3v) is 3.09. The molecule has 114 valence electrons. The normalized spacial score (nSPS) is 10.1. The number of benzene rings is 2. The van der Waals surface area contributed by atoms with Gasteiger partial charge in [0.05, 0.1) is 5.56 Å². The van der Waals surface area contributed by atoms with Crippen LogP contribution < -0.4 is 4.74 Å². The summed E-state index contributed by atoms with van der Waals surface area (Å²) in [5, 5.41) is 0. The first kappa shape index (κ1) is 15.9. The van der Waals surface area contributed by atoms with Crippen LogP contribution in [0.4, 0.5) is 8.78 Å². The molecule has 0 fully saturated rings. The number of ether oxygens (including phenoxy) is 1. The van der Waals surface area contributed by atoms with E-state index in [1.165, 1.54) is 29.8 Å². The third-order valence-electron chi connectivity index (χ3n) is 3.09. The second-order valence-electron chi connectivity index (χ2n) is 4.84. The van der Waals surface area contributed by atoms with E-state index in [0.29, 0.717) is 16.9 Å². The number of rotatable bonds is 5. The summed E-state index contributed by atoms with van der Waals surface area (Å²) >= 11 is 0. The number of carbonyl (C=O) groups excluding carboxylic acids is 1. The number of aryl methyl sites for hydroxylation is 1. The van der Waals surface area contributed by atoms with Gasteiger partial charge in [-0.2, -0.15) is 8.78 Å². The lowest BCUT2D eigenvalue weighted by Crippen LogP contribution is -2.08. The van der Waals surface area contributed by atoms with Crippen LogP contribution in [0.2, 0.25) is 0 Å². The first-order valence-electron chi connectivity index (χ1n) is 7.02. The first-order chi connectivity index (χ1) is 10.6. The minimum Gasteiger partial charge on any atom is -0.423 e. The second kappa shape index (κ2) is 7.50. The van der Waals surface area contributed by atoms with Gasteiger partial charge in [-0.05, 0) is 41.8 Å². The number of halogens is 2. The summed E-state index contributed by atoms with van der Waals surface area (Å²) in [6.45, 7) is 2.09. The van der Waals surface area contributed by atoms with Crippen LogP contribution in [-0.2, 0) is 6.42 Å². The third kappa shape index (κ3) is 4.52. The highest BCUT2D eigenvalue weighted by molar-refractivity contribution is 5.91. The standard InChI is InChI=1S/C18H16F2O2/c1-2-3-13-4-8-15(9-5-13)18(21)22-16-10-6-14(7-11-16)12-17(19)20/h4-12H,2-3H2,1H3. The van der Waals surface area contributed by atoms with Crippen LogP contribution in [0.25, 0.3) is 6.08 Å². The van der Waals surface area contributed by atoms with Crippen molar-refractivity contribution < 1.29 is 18.3 Å². The van der Waals surface area contributed by atoms with Crippen LogP contribution in [0.15, 0.2) is 54.6 Å². The number of esters is 1. The van der Waals surface area contributed by atoms with Crippen molar-refractivity contribution in [2.24, 2.45) is 0 Å². The molecule has 0 aliphatic carbocycles. The molecule has 22 heavy (non-hydrogen) atoms. The average molecular weight is 302 g/mol. The number of carbonyl (C=O) groups is 1. The smallest absolute Gasteiger partial charge is 0.343 e. The number of hydrogen-bond acceptors (Lipinski definition) is 2. The van der Waals surface area contributed by atoms with Gasteiger partial charge in [0, 0.05) is 6.08 Å². The molecule has 0 amide bonds. The van der Waals surface area contributed by atoms with E-state index < -0.39 is 12.0 Å². The van der Waals surface area contributed by atoms with E-state index in [0.717, 1.165) is 18.9 Å². The maximum atomic E-state index is 12.1. The van der Waals surface area contributed by atoms with E-state index in [1.807, 2.05) is 12.1 Å². The molecule has 2 rings (SSSR count). The van der Waals surface area contributed by atoms with Gasteiger partial charge in [0.25, 0.3) is 6.08 Å². The Hall–Kier alpha value is -2.49. The van der Waals surface area contributed by atoms with Crippen molar-refractivity contribution in [2.75, 3.05) is 0 Å². The van der Waals surface area contributed by atoms with Crippen molar-refractivity contribution in [1.82, 2.24) is 0 Å². The van der Waals surface area contributed by atoms with E-state index in [9.17, 15) is 13.6 Å². The van der Waals surface area contributed by atoms with Gasteiger partial charge in [0.1, 0.15) is 5.75 Å². The highest BCUT2D eigenvalue weighted by Gasteiger charge is 2.08. The summed E-state index contributed by atoms with van der Waals surface area (Å²) in [6.07, 6.45) is 0.995. The summed E-state index contributed by atoms with van der Waals surface area (Å²) in [5.41, 5.74) is 1.98. The van der Waals surface area contributed by atoms with Gasteiger partial charge in [0.2, 0.25) is 0 Å². The molecule has 2 aromatic rings. The molecular weight excluding hydrogens is 286 g/mol.